The Kier molecular flexibility index (Phi) is 3.66. The second kappa shape index (κ2) is 5.39. The van der Waals surface area contributed by atoms with E-state index in [2.05, 4.69) is 10.3 Å². The van der Waals surface area contributed by atoms with E-state index in [1.165, 1.54) is 0 Å². The molecule has 1 heterocycles. The number of nitrogens with one attached hydrogen (secondary N) is 1. The van der Waals surface area contributed by atoms with Crippen LogP contribution in [0.4, 0.5) is 17.2 Å². The maximum atomic E-state index is 12.3. The second-order valence-corrected chi connectivity index (χ2v) is 4.34. The number of benzene rings is 1. The van der Waals surface area contributed by atoms with Crippen molar-refractivity contribution in [1.82, 2.24) is 4.98 Å². The minimum Gasteiger partial charge on any atom is -0.399 e. The van der Waals surface area contributed by atoms with Crippen LogP contribution in [-0.4, -0.2) is 25.0 Å². The molecule has 0 saturated heterocycles. The highest BCUT2D eigenvalue weighted by Gasteiger charge is 2.13. The Balaban J connectivity index is 2.30. The van der Waals surface area contributed by atoms with E-state index in [1.54, 1.807) is 30.5 Å². The summed E-state index contributed by atoms with van der Waals surface area (Å²) in [4.78, 5) is 18.2. The van der Waals surface area contributed by atoms with Crippen LogP contribution in [0.25, 0.3) is 0 Å². The molecule has 0 aliphatic rings. The van der Waals surface area contributed by atoms with Crippen LogP contribution in [0, 0.1) is 0 Å². The molecule has 1 aromatic carbocycles. The molecule has 98 valence electrons. The van der Waals surface area contributed by atoms with Gasteiger partial charge in [-0.1, -0.05) is 6.07 Å². The lowest BCUT2D eigenvalue weighted by Gasteiger charge is -2.17. The third-order valence-corrected chi connectivity index (χ3v) is 2.65. The normalized spacial score (nSPS) is 10.0. The Hall–Kier alpha value is -2.56. The summed E-state index contributed by atoms with van der Waals surface area (Å²) < 4.78 is 0. The molecular weight excluding hydrogens is 240 g/mol. The van der Waals surface area contributed by atoms with E-state index in [0.29, 0.717) is 17.1 Å². The number of pyridine rings is 1. The highest BCUT2D eigenvalue weighted by atomic mass is 16.1. The minimum atomic E-state index is -0.227. The van der Waals surface area contributed by atoms with Crippen molar-refractivity contribution in [2.24, 2.45) is 0 Å². The van der Waals surface area contributed by atoms with Gasteiger partial charge in [-0.25, -0.2) is 4.98 Å². The summed E-state index contributed by atoms with van der Waals surface area (Å²) in [6, 6.07) is 10.6. The predicted octanol–water partition coefficient (Wildman–Crippen LogP) is 1.98. The molecule has 2 rings (SSSR count). The first-order chi connectivity index (χ1) is 9.08. The van der Waals surface area contributed by atoms with Gasteiger partial charge in [-0.2, -0.15) is 0 Å². The van der Waals surface area contributed by atoms with Crippen LogP contribution in [0.3, 0.4) is 0 Å². The summed E-state index contributed by atoms with van der Waals surface area (Å²) in [6.45, 7) is 0. The van der Waals surface area contributed by atoms with Crippen molar-refractivity contribution in [3.63, 3.8) is 0 Å². The molecule has 1 aromatic heterocycles. The van der Waals surface area contributed by atoms with Gasteiger partial charge < -0.3 is 16.0 Å². The lowest BCUT2D eigenvalue weighted by Crippen LogP contribution is -2.19. The quantitative estimate of drug-likeness (QED) is 0.824. The lowest BCUT2D eigenvalue weighted by molar-refractivity contribution is 0.102. The van der Waals surface area contributed by atoms with Crippen molar-refractivity contribution in [1.29, 1.82) is 0 Å². The van der Waals surface area contributed by atoms with Crippen molar-refractivity contribution in [3.8, 4) is 0 Å². The molecular formula is C14H16N4O. The van der Waals surface area contributed by atoms with Crippen LogP contribution in [-0.2, 0) is 0 Å². The van der Waals surface area contributed by atoms with Gasteiger partial charge in [0, 0.05) is 31.7 Å². The average molecular weight is 256 g/mol. The zero-order chi connectivity index (χ0) is 13.8. The third kappa shape index (κ3) is 3.01. The first-order valence-corrected chi connectivity index (χ1v) is 5.87. The largest absolute Gasteiger partial charge is 0.399 e. The summed E-state index contributed by atoms with van der Waals surface area (Å²) in [5.41, 5.74) is 7.63. The summed E-state index contributed by atoms with van der Waals surface area (Å²) in [5.74, 6) is 0.286. The Labute approximate surface area is 112 Å². The Morgan fingerprint density at radius 2 is 2.05 bits per heavy atom. The number of amides is 1. The van der Waals surface area contributed by atoms with Crippen LogP contribution in [0.5, 0.6) is 0 Å². The van der Waals surface area contributed by atoms with E-state index in [-0.39, 0.29) is 5.91 Å². The SMILES string of the molecule is CN(C)c1ccc(N)cc1C(=O)Nc1ccccn1. The van der Waals surface area contributed by atoms with Gasteiger partial charge in [-0.05, 0) is 30.3 Å². The van der Waals surface area contributed by atoms with Crippen LogP contribution in [0.15, 0.2) is 42.6 Å². The molecule has 0 fully saturated rings. The predicted molar refractivity (Wildman–Crippen MR) is 77.4 cm³/mol. The van der Waals surface area contributed by atoms with Gasteiger partial charge in [0.2, 0.25) is 0 Å². The summed E-state index contributed by atoms with van der Waals surface area (Å²) in [7, 11) is 3.76. The van der Waals surface area contributed by atoms with Gasteiger partial charge in [0.15, 0.2) is 0 Å². The van der Waals surface area contributed by atoms with Crippen LogP contribution in [0.2, 0.25) is 0 Å². The molecule has 0 bridgehead atoms. The van der Waals surface area contributed by atoms with Gasteiger partial charge in [0.05, 0.1) is 5.56 Å². The van der Waals surface area contributed by atoms with Crippen molar-refractivity contribution in [3.05, 3.63) is 48.2 Å². The van der Waals surface area contributed by atoms with E-state index in [0.717, 1.165) is 5.69 Å². The van der Waals surface area contributed by atoms with Crippen LogP contribution < -0.4 is 16.0 Å². The number of aromatic nitrogens is 1. The summed E-state index contributed by atoms with van der Waals surface area (Å²) >= 11 is 0. The Morgan fingerprint density at radius 3 is 2.68 bits per heavy atom. The van der Waals surface area contributed by atoms with E-state index < -0.39 is 0 Å². The fourth-order valence-electron chi connectivity index (χ4n) is 1.75. The number of carbonyl (C=O) groups is 1. The highest BCUT2D eigenvalue weighted by Crippen LogP contribution is 2.22. The van der Waals surface area contributed by atoms with Crippen molar-refractivity contribution in [2.75, 3.05) is 30.0 Å². The van der Waals surface area contributed by atoms with Crippen LogP contribution >= 0.6 is 0 Å². The molecule has 2 aromatic rings. The lowest BCUT2D eigenvalue weighted by atomic mass is 10.1. The van der Waals surface area contributed by atoms with E-state index in [1.807, 2.05) is 31.1 Å². The molecule has 5 nitrogen and oxygen atoms in total. The molecule has 19 heavy (non-hydrogen) atoms. The maximum absolute atomic E-state index is 12.3. The topological polar surface area (TPSA) is 71.2 Å². The monoisotopic (exact) mass is 256 g/mol. The molecule has 0 aliphatic heterocycles. The summed E-state index contributed by atoms with van der Waals surface area (Å²) in [6.07, 6.45) is 1.63. The molecule has 0 unspecified atom stereocenters. The van der Waals surface area contributed by atoms with Crippen molar-refractivity contribution in [2.45, 2.75) is 0 Å². The fraction of sp³-hybridized carbons (Fsp3) is 0.143. The maximum Gasteiger partial charge on any atom is 0.258 e. The average Bonchev–Trinajstić information content (AvgIpc) is 2.39. The Morgan fingerprint density at radius 1 is 1.26 bits per heavy atom. The first kappa shape index (κ1) is 12.9. The van der Waals surface area contributed by atoms with Gasteiger partial charge in [0.1, 0.15) is 5.82 Å². The smallest absolute Gasteiger partial charge is 0.258 e. The molecule has 0 aliphatic carbocycles. The van der Waals surface area contributed by atoms with Crippen LogP contribution in [0.1, 0.15) is 10.4 Å². The number of hydrogen-bond donors (Lipinski definition) is 2. The van der Waals surface area contributed by atoms with E-state index in [9.17, 15) is 4.79 Å². The van der Waals surface area contributed by atoms with Gasteiger partial charge in [-0.3, -0.25) is 4.79 Å². The molecule has 3 N–H and O–H groups in total. The van der Waals surface area contributed by atoms with E-state index in [4.69, 9.17) is 5.73 Å². The fourth-order valence-corrected chi connectivity index (χ4v) is 1.75. The van der Waals surface area contributed by atoms with Gasteiger partial charge in [-0.15, -0.1) is 0 Å². The van der Waals surface area contributed by atoms with Crippen molar-refractivity contribution < 1.29 is 4.79 Å². The minimum absolute atomic E-state index is 0.227. The molecule has 1 amide bonds. The Bertz CT molecular complexity index is 581. The molecule has 0 saturated carbocycles. The number of hydrogen-bond acceptors (Lipinski definition) is 4. The number of nitrogens with zero attached hydrogens (tertiary/aromatic N) is 2. The number of nitrogen functional groups attached to an aromatic ring is 1. The second-order valence-electron chi connectivity index (χ2n) is 4.34. The van der Waals surface area contributed by atoms with Crippen molar-refractivity contribution >= 4 is 23.1 Å². The van der Waals surface area contributed by atoms with E-state index >= 15 is 0 Å². The third-order valence-electron chi connectivity index (χ3n) is 2.65. The molecule has 0 spiro atoms. The van der Waals surface area contributed by atoms with Gasteiger partial charge in [0.25, 0.3) is 5.91 Å². The zero-order valence-electron chi connectivity index (χ0n) is 10.9. The number of carbonyl (C=O) groups excluding carboxylic acids is 1. The van der Waals surface area contributed by atoms with Gasteiger partial charge >= 0.3 is 0 Å². The number of nitrogens with two attached hydrogens (primary N) is 1. The number of rotatable bonds is 3. The first-order valence-electron chi connectivity index (χ1n) is 5.87. The highest BCUT2D eigenvalue weighted by molar-refractivity contribution is 6.08. The molecule has 0 radical (unpaired) electrons. The summed E-state index contributed by atoms with van der Waals surface area (Å²) in [5, 5.41) is 2.75. The molecule has 5 heteroatoms. The molecule has 0 atom stereocenters. The number of anilines is 3. The standard InChI is InChI=1S/C14H16N4O/c1-18(2)12-7-6-10(15)9-11(12)14(19)17-13-5-3-4-8-16-13/h3-9H,15H2,1-2H3,(H,16,17,19). The zero-order valence-corrected chi connectivity index (χ0v) is 10.9.